The molecule has 1 heterocycles. The summed E-state index contributed by atoms with van der Waals surface area (Å²) in [6, 6.07) is 15.1. The van der Waals surface area contributed by atoms with Crippen molar-refractivity contribution in [2.45, 2.75) is 0 Å². The van der Waals surface area contributed by atoms with E-state index in [2.05, 4.69) is 15.0 Å². The van der Waals surface area contributed by atoms with Crippen molar-refractivity contribution in [3.63, 3.8) is 0 Å². The minimum absolute atomic E-state index is 0.0308. The van der Waals surface area contributed by atoms with E-state index in [1.54, 1.807) is 48.5 Å². The number of anilines is 1. The van der Waals surface area contributed by atoms with Crippen molar-refractivity contribution in [2.75, 3.05) is 12.0 Å². The zero-order valence-electron chi connectivity index (χ0n) is 14.3. The van der Waals surface area contributed by atoms with Gasteiger partial charge in [0.2, 0.25) is 5.91 Å². The molecule has 1 aliphatic heterocycles. The van der Waals surface area contributed by atoms with E-state index in [0.717, 1.165) is 0 Å². The van der Waals surface area contributed by atoms with Crippen molar-refractivity contribution < 1.29 is 19.1 Å². The fourth-order valence-corrected chi connectivity index (χ4v) is 2.80. The number of amides is 2. The van der Waals surface area contributed by atoms with Crippen LogP contribution in [-0.4, -0.2) is 36.2 Å². The van der Waals surface area contributed by atoms with Crippen LogP contribution in [-0.2, 0) is 14.3 Å². The molecule has 0 unspecified atom stereocenters. The number of hydrogen-bond acceptors (Lipinski definition) is 6. The minimum atomic E-state index is -1.11. The van der Waals surface area contributed by atoms with Crippen LogP contribution in [0.3, 0.4) is 0 Å². The van der Waals surface area contributed by atoms with Gasteiger partial charge in [0.05, 0.1) is 24.0 Å². The Balaban J connectivity index is 1.81. The molecule has 0 aromatic heterocycles. The van der Waals surface area contributed by atoms with Gasteiger partial charge in [0, 0.05) is 6.21 Å². The maximum atomic E-state index is 12.8. The Kier molecular flexibility index (Phi) is 5.37. The van der Waals surface area contributed by atoms with Crippen molar-refractivity contribution in [3.8, 4) is 0 Å². The molecule has 2 amide bonds. The molecule has 0 aliphatic carbocycles. The lowest BCUT2D eigenvalue weighted by atomic mass is 10.1. The second-order valence-corrected chi connectivity index (χ2v) is 5.98. The van der Waals surface area contributed by atoms with E-state index >= 15 is 0 Å². The monoisotopic (exact) mass is 381 g/mol. The molecule has 0 saturated carbocycles. The number of nitrogens with zero attached hydrogens (tertiary/aromatic N) is 2. The molecule has 7 nitrogen and oxygen atoms in total. The van der Waals surface area contributed by atoms with Crippen LogP contribution in [0.4, 0.5) is 11.4 Å². The molecule has 2 aromatic carbocycles. The SMILES string of the molecule is COC(=O)c1ccc(N=C[C@H]2C(=O)NC(=S)N(c3ccccc3)C2=O)cc1. The van der Waals surface area contributed by atoms with Gasteiger partial charge in [-0.1, -0.05) is 18.2 Å². The van der Waals surface area contributed by atoms with Crippen molar-refractivity contribution in [3.05, 3.63) is 60.2 Å². The van der Waals surface area contributed by atoms with Crippen molar-refractivity contribution in [1.29, 1.82) is 0 Å². The smallest absolute Gasteiger partial charge is 0.337 e. The third-order valence-corrected chi connectivity index (χ3v) is 4.16. The molecule has 1 N–H and O–H groups in total. The molecule has 8 heteroatoms. The summed E-state index contributed by atoms with van der Waals surface area (Å²) in [5.74, 6) is -2.59. The van der Waals surface area contributed by atoms with Crippen molar-refractivity contribution >= 4 is 52.7 Å². The van der Waals surface area contributed by atoms with Crippen molar-refractivity contribution in [2.24, 2.45) is 10.9 Å². The highest BCUT2D eigenvalue weighted by Crippen LogP contribution is 2.21. The van der Waals surface area contributed by atoms with Gasteiger partial charge in [-0.05, 0) is 48.6 Å². The summed E-state index contributed by atoms with van der Waals surface area (Å²) in [6.45, 7) is 0. The highest BCUT2D eigenvalue weighted by atomic mass is 32.1. The Bertz CT molecular complexity index is 926. The fraction of sp³-hybridized carbons (Fsp3) is 0.105. The second-order valence-electron chi connectivity index (χ2n) is 5.60. The number of carbonyl (C=O) groups excluding carboxylic acids is 3. The Labute approximate surface area is 160 Å². The number of nitrogens with one attached hydrogen (secondary N) is 1. The maximum absolute atomic E-state index is 12.8. The summed E-state index contributed by atoms with van der Waals surface area (Å²) < 4.78 is 4.63. The van der Waals surface area contributed by atoms with Gasteiger partial charge in [-0.3, -0.25) is 19.5 Å². The predicted octanol–water partition coefficient (Wildman–Crippen LogP) is 2.24. The van der Waals surface area contributed by atoms with Crippen LogP contribution < -0.4 is 10.2 Å². The van der Waals surface area contributed by atoms with Gasteiger partial charge < -0.3 is 10.1 Å². The largest absolute Gasteiger partial charge is 0.465 e. The van der Waals surface area contributed by atoms with Gasteiger partial charge in [-0.2, -0.15) is 0 Å². The van der Waals surface area contributed by atoms with Crippen LogP contribution >= 0.6 is 12.2 Å². The van der Waals surface area contributed by atoms with E-state index in [1.807, 2.05) is 6.07 Å². The van der Waals surface area contributed by atoms with Gasteiger partial charge >= 0.3 is 5.97 Å². The first-order chi connectivity index (χ1) is 13.0. The number of hydrogen-bond donors (Lipinski definition) is 1. The predicted molar refractivity (Wildman–Crippen MR) is 104 cm³/mol. The number of ether oxygens (including phenoxy) is 1. The number of aliphatic imine (C=N–C) groups is 1. The minimum Gasteiger partial charge on any atom is -0.465 e. The number of rotatable bonds is 4. The quantitative estimate of drug-likeness (QED) is 0.380. The Hall–Kier alpha value is -3.39. The van der Waals surface area contributed by atoms with Crippen LogP contribution in [0, 0.1) is 5.92 Å². The number of para-hydroxylation sites is 1. The molecule has 0 spiro atoms. The van der Waals surface area contributed by atoms with E-state index in [-0.39, 0.29) is 5.11 Å². The van der Waals surface area contributed by atoms with E-state index in [9.17, 15) is 14.4 Å². The lowest BCUT2D eigenvalue weighted by Crippen LogP contribution is -2.58. The normalized spacial score (nSPS) is 17.1. The molecule has 0 radical (unpaired) electrons. The fourth-order valence-electron chi connectivity index (χ4n) is 2.51. The van der Waals surface area contributed by atoms with Gasteiger partial charge in [0.25, 0.3) is 5.91 Å². The highest BCUT2D eigenvalue weighted by Gasteiger charge is 2.38. The molecule has 2 aromatic rings. The van der Waals surface area contributed by atoms with E-state index in [1.165, 1.54) is 18.2 Å². The van der Waals surface area contributed by atoms with Gasteiger partial charge in [0.15, 0.2) is 11.0 Å². The average molecular weight is 381 g/mol. The zero-order valence-corrected chi connectivity index (χ0v) is 15.1. The first kappa shape index (κ1) is 18.4. The van der Waals surface area contributed by atoms with Crippen LogP contribution in [0.2, 0.25) is 0 Å². The highest BCUT2D eigenvalue weighted by molar-refractivity contribution is 7.80. The number of methoxy groups -OCH3 is 1. The van der Waals surface area contributed by atoms with Gasteiger partial charge in [0.1, 0.15) is 0 Å². The molecule has 3 rings (SSSR count). The molecule has 1 saturated heterocycles. The Morgan fingerprint density at radius 2 is 1.81 bits per heavy atom. The third kappa shape index (κ3) is 3.90. The van der Waals surface area contributed by atoms with Crippen LogP contribution in [0.25, 0.3) is 0 Å². The molecular weight excluding hydrogens is 366 g/mol. The average Bonchev–Trinajstić information content (AvgIpc) is 2.68. The zero-order chi connectivity index (χ0) is 19.4. The summed E-state index contributed by atoms with van der Waals surface area (Å²) >= 11 is 5.13. The lowest BCUT2D eigenvalue weighted by molar-refractivity contribution is -0.130. The first-order valence-electron chi connectivity index (χ1n) is 7.97. The first-order valence-corrected chi connectivity index (χ1v) is 8.38. The van der Waals surface area contributed by atoms with Crippen LogP contribution in [0.5, 0.6) is 0 Å². The molecule has 0 bridgehead atoms. The maximum Gasteiger partial charge on any atom is 0.337 e. The standard InChI is InChI=1S/C19H15N3O4S/c1-26-18(25)12-7-9-13(10-8-12)20-11-15-16(23)21-19(27)22(17(15)24)14-5-3-2-4-6-14/h2-11,15H,1H3,(H,21,23,27)/t15-/m0/s1. The molecule has 1 atom stereocenters. The Morgan fingerprint density at radius 3 is 2.44 bits per heavy atom. The molecular formula is C19H15N3O4S. The van der Waals surface area contributed by atoms with Crippen LogP contribution in [0.1, 0.15) is 10.4 Å². The summed E-state index contributed by atoms with van der Waals surface area (Å²) in [7, 11) is 1.30. The Morgan fingerprint density at radius 1 is 1.15 bits per heavy atom. The number of carbonyl (C=O) groups is 3. The van der Waals surface area contributed by atoms with Gasteiger partial charge in [-0.25, -0.2) is 4.79 Å². The number of thiocarbonyl (C=S) groups is 1. The number of esters is 1. The summed E-state index contributed by atoms with van der Waals surface area (Å²) in [5, 5.41) is 2.55. The lowest BCUT2D eigenvalue weighted by Gasteiger charge is -2.30. The summed E-state index contributed by atoms with van der Waals surface area (Å²) in [5.41, 5.74) is 1.43. The topological polar surface area (TPSA) is 88.1 Å². The molecule has 1 fully saturated rings. The summed E-state index contributed by atoms with van der Waals surface area (Å²) in [4.78, 5) is 41.9. The molecule has 136 valence electrons. The third-order valence-electron chi connectivity index (χ3n) is 3.88. The van der Waals surface area contributed by atoms with Gasteiger partial charge in [-0.15, -0.1) is 0 Å². The summed E-state index contributed by atoms with van der Waals surface area (Å²) in [6.07, 6.45) is 1.27. The second kappa shape index (κ2) is 7.88. The van der Waals surface area contributed by atoms with E-state index < -0.39 is 23.7 Å². The molecule has 1 aliphatic rings. The van der Waals surface area contributed by atoms with Crippen molar-refractivity contribution in [1.82, 2.24) is 5.32 Å². The van der Waals surface area contributed by atoms with Crippen LogP contribution in [0.15, 0.2) is 59.6 Å². The number of benzene rings is 2. The van der Waals surface area contributed by atoms with E-state index in [4.69, 9.17) is 12.2 Å². The van der Waals surface area contributed by atoms with E-state index in [0.29, 0.717) is 16.9 Å². The molecule has 27 heavy (non-hydrogen) atoms.